The van der Waals surface area contributed by atoms with Crippen molar-refractivity contribution in [3.63, 3.8) is 0 Å². The SMILES string of the molecule is CCNC(COc1ccccc1)CC1CCCC1. The Balaban J connectivity index is 1.78. The normalized spacial score (nSPS) is 17.8. The summed E-state index contributed by atoms with van der Waals surface area (Å²) in [5.41, 5.74) is 0. The Morgan fingerprint density at radius 3 is 2.61 bits per heavy atom. The van der Waals surface area contributed by atoms with Crippen LogP contribution in [0.2, 0.25) is 0 Å². The summed E-state index contributed by atoms with van der Waals surface area (Å²) in [4.78, 5) is 0. The molecule has 0 saturated heterocycles. The van der Waals surface area contributed by atoms with Gasteiger partial charge < -0.3 is 10.1 Å². The van der Waals surface area contributed by atoms with Crippen molar-refractivity contribution in [1.29, 1.82) is 0 Å². The maximum absolute atomic E-state index is 5.87. The molecule has 1 saturated carbocycles. The molecule has 0 aromatic heterocycles. The Hall–Kier alpha value is -1.02. The van der Waals surface area contributed by atoms with E-state index >= 15 is 0 Å². The van der Waals surface area contributed by atoms with Gasteiger partial charge in [0.1, 0.15) is 12.4 Å². The number of likely N-dealkylation sites (N-methyl/N-ethyl adjacent to an activating group) is 1. The summed E-state index contributed by atoms with van der Waals surface area (Å²) in [7, 11) is 0. The lowest BCUT2D eigenvalue weighted by Gasteiger charge is -2.21. The van der Waals surface area contributed by atoms with Crippen LogP contribution < -0.4 is 10.1 Å². The lowest BCUT2D eigenvalue weighted by atomic mass is 9.99. The van der Waals surface area contributed by atoms with E-state index in [2.05, 4.69) is 12.2 Å². The molecule has 18 heavy (non-hydrogen) atoms. The van der Waals surface area contributed by atoms with Crippen LogP contribution in [0.1, 0.15) is 39.0 Å². The van der Waals surface area contributed by atoms with Gasteiger partial charge in [-0.15, -0.1) is 0 Å². The van der Waals surface area contributed by atoms with E-state index in [-0.39, 0.29) is 0 Å². The monoisotopic (exact) mass is 247 g/mol. The van der Waals surface area contributed by atoms with Crippen molar-refractivity contribution >= 4 is 0 Å². The van der Waals surface area contributed by atoms with E-state index in [1.165, 1.54) is 32.1 Å². The van der Waals surface area contributed by atoms with Crippen molar-refractivity contribution in [2.45, 2.75) is 45.1 Å². The minimum absolute atomic E-state index is 0.498. The first-order valence-corrected chi connectivity index (χ1v) is 7.29. The zero-order chi connectivity index (χ0) is 12.6. The van der Waals surface area contributed by atoms with E-state index in [1.807, 2.05) is 30.3 Å². The molecule has 1 unspecified atom stereocenters. The molecule has 1 aliphatic carbocycles. The molecule has 0 heterocycles. The third-order valence-electron chi connectivity index (χ3n) is 3.78. The number of hydrogen-bond acceptors (Lipinski definition) is 2. The fourth-order valence-corrected chi connectivity index (χ4v) is 2.86. The van der Waals surface area contributed by atoms with Crippen molar-refractivity contribution in [2.75, 3.05) is 13.2 Å². The van der Waals surface area contributed by atoms with Gasteiger partial charge in [0.25, 0.3) is 0 Å². The van der Waals surface area contributed by atoms with Gasteiger partial charge >= 0.3 is 0 Å². The van der Waals surface area contributed by atoms with E-state index in [9.17, 15) is 0 Å². The molecule has 1 aliphatic rings. The fourth-order valence-electron chi connectivity index (χ4n) is 2.86. The predicted octanol–water partition coefficient (Wildman–Crippen LogP) is 3.62. The molecule has 0 spiro atoms. The summed E-state index contributed by atoms with van der Waals surface area (Å²) in [5, 5.41) is 3.55. The summed E-state index contributed by atoms with van der Waals surface area (Å²) in [6.45, 7) is 3.98. The quantitative estimate of drug-likeness (QED) is 0.794. The van der Waals surface area contributed by atoms with Crippen molar-refractivity contribution < 1.29 is 4.74 Å². The first-order valence-electron chi connectivity index (χ1n) is 7.29. The van der Waals surface area contributed by atoms with Crippen molar-refractivity contribution in [2.24, 2.45) is 5.92 Å². The smallest absolute Gasteiger partial charge is 0.119 e. The lowest BCUT2D eigenvalue weighted by molar-refractivity contribution is 0.240. The Kier molecular flexibility index (Phi) is 5.53. The van der Waals surface area contributed by atoms with Gasteiger partial charge in [0.05, 0.1) is 0 Å². The van der Waals surface area contributed by atoms with Gasteiger partial charge in [0, 0.05) is 6.04 Å². The van der Waals surface area contributed by atoms with Gasteiger partial charge in [-0.3, -0.25) is 0 Å². The second kappa shape index (κ2) is 7.42. The molecule has 2 rings (SSSR count). The Labute approximate surface area is 111 Å². The molecule has 1 aromatic carbocycles. The molecule has 0 aliphatic heterocycles. The first kappa shape index (κ1) is 13.4. The zero-order valence-corrected chi connectivity index (χ0v) is 11.4. The molecular weight excluding hydrogens is 222 g/mol. The first-order chi connectivity index (χ1) is 8.88. The number of hydrogen-bond donors (Lipinski definition) is 1. The molecule has 1 fully saturated rings. The highest BCUT2D eigenvalue weighted by Crippen LogP contribution is 2.28. The van der Waals surface area contributed by atoms with Gasteiger partial charge in [0.2, 0.25) is 0 Å². The van der Waals surface area contributed by atoms with Crippen LogP contribution in [-0.2, 0) is 0 Å². The number of nitrogens with one attached hydrogen (secondary N) is 1. The Morgan fingerprint density at radius 1 is 1.22 bits per heavy atom. The van der Waals surface area contributed by atoms with Gasteiger partial charge in [0.15, 0.2) is 0 Å². The van der Waals surface area contributed by atoms with E-state index in [0.29, 0.717) is 6.04 Å². The second-order valence-corrected chi connectivity index (χ2v) is 5.26. The van der Waals surface area contributed by atoms with Gasteiger partial charge in [-0.2, -0.15) is 0 Å². The van der Waals surface area contributed by atoms with E-state index in [4.69, 9.17) is 4.74 Å². The molecule has 100 valence electrons. The molecule has 0 amide bonds. The Bertz CT molecular complexity index is 319. The molecular formula is C16H25NO. The van der Waals surface area contributed by atoms with Crippen LogP contribution in [0.4, 0.5) is 0 Å². The molecule has 0 radical (unpaired) electrons. The van der Waals surface area contributed by atoms with Gasteiger partial charge in [-0.1, -0.05) is 50.8 Å². The largest absolute Gasteiger partial charge is 0.492 e. The summed E-state index contributed by atoms with van der Waals surface area (Å²) < 4.78 is 5.87. The summed E-state index contributed by atoms with van der Waals surface area (Å²) in [5.74, 6) is 1.89. The predicted molar refractivity (Wildman–Crippen MR) is 76.0 cm³/mol. The van der Waals surface area contributed by atoms with Crippen LogP contribution in [-0.4, -0.2) is 19.2 Å². The minimum atomic E-state index is 0.498. The summed E-state index contributed by atoms with van der Waals surface area (Å²) in [6.07, 6.45) is 6.92. The zero-order valence-electron chi connectivity index (χ0n) is 11.4. The average Bonchev–Trinajstić information content (AvgIpc) is 2.90. The van der Waals surface area contributed by atoms with E-state index in [1.54, 1.807) is 0 Å². The van der Waals surface area contributed by atoms with Crippen LogP contribution in [0.25, 0.3) is 0 Å². The fraction of sp³-hybridized carbons (Fsp3) is 0.625. The highest BCUT2D eigenvalue weighted by molar-refractivity contribution is 5.20. The average molecular weight is 247 g/mol. The minimum Gasteiger partial charge on any atom is -0.492 e. The molecule has 1 aromatic rings. The van der Waals surface area contributed by atoms with Crippen molar-refractivity contribution in [3.05, 3.63) is 30.3 Å². The topological polar surface area (TPSA) is 21.3 Å². The number of rotatable bonds is 7. The number of para-hydroxylation sites is 1. The summed E-state index contributed by atoms with van der Waals surface area (Å²) in [6, 6.07) is 10.6. The van der Waals surface area contributed by atoms with Crippen LogP contribution >= 0.6 is 0 Å². The maximum atomic E-state index is 5.87. The summed E-state index contributed by atoms with van der Waals surface area (Å²) >= 11 is 0. The van der Waals surface area contributed by atoms with Crippen LogP contribution in [0, 0.1) is 5.92 Å². The van der Waals surface area contributed by atoms with Gasteiger partial charge in [-0.25, -0.2) is 0 Å². The third-order valence-corrected chi connectivity index (χ3v) is 3.78. The van der Waals surface area contributed by atoms with E-state index in [0.717, 1.165) is 24.8 Å². The van der Waals surface area contributed by atoms with E-state index < -0.39 is 0 Å². The van der Waals surface area contributed by atoms with Crippen LogP contribution in [0.3, 0.4) is 0 Å². The van der Waals surface area contributed by atoms with Crippen molar-refractivity contribution in [1.82, 2.24) is 5.32 Å². The maximum Gasteiger partial charge on any atom is 0.119 e. The molecule has 2 heteroatoms. The second-order valence-electron chi connectivity index (χ2n) is 5.26. The standard InChI is InChI=1S/C16H25NO/c1-2-17-15(12-14-8-6-7-9-14)13-18-16-10-4-3-5-11-16/h3-5,10-11,14-15,17H,2,6-9,12-13H2,1H3. The van der Waals surface area contributed by atoms with Crippen molar-refractivity contribution in [3.8, 4) is 5.75 Å². The Morgan fingerprint density at radius 2 is 1.94 bits per heavy atom. The molecule has 1 N–H and O–H groups in total. The highest BCUT2D eigenvalue weighted by Gasteiger charge is 2.20. The van der Waals surface area contributed by atoms with Crippen LogP contribution in [0.15, 0.2) is 30.3 Å². The number of benzene rings is 1. The van der Waals surface area contributed by atoms with Gasteiger partial charge in [-0.05, 0) is 31.0 Å². The highest BCUT2D eigenvalue weighted by atomic mass is 16.5. The third kappa shape index (κ3) is 4.34. The number of ether oxygens (including phenoxy) is 1. The molecule has 0 bridgehead atoms. The van der Waals surface area contributed by atoms with Crippen LogP contribution in [0.5, 0.6) is 5.75 Å². The molecule has 1 atom stereocenters. The lowest BCUT2D eigenvalue weighted by Crippen LogP contribution is -2.36. The molecule has 2 nitrogen and oxygen atoms in total.